The van der Waals surface area contributed by atoms with Crippen molar-refractivity contribution in [3.8, 4) is 44.5 Å². The van der Waals surface area contributed by atoms with Gasteiger partial charge in [0, 0.05) is 27.9 Å². The molecule has 1 atom stereocenters. The second-order valence-corrected chi connectivity index (χ2v) is 18.1. The summed E-state index contributed by atoms with van der Waals surface area (Å²) < 4.78 is 0. The van der Waals surface area contributed by atoms with Gasteiger partial charge in [0.25, 0.3) is 0 Å². The Bertz CT molecular complexity index is 3250. The topological polar surface area (TPSA) is 3.24 Å². The van der Waals surface area contributed by atoms with E-state index in [1.807, 2.05) is 0 Å². The Kier molecular flexibility index (Phi) is 6.91. The van der Waals surface area contributed by atoms with Gasteiger partial charge in [0.1, 0.15) is 0 Å². The molecule has 0 saturated heterocycles. The number of benzene rings is 9. The Morgan fingerprint density at radius 1 is 0.279 bits per heavy atom. The van der Waals surface area contributed by atoms with Crippen LogP contribution in [0.3, 0.4) is 0 Å². The van der Waals surface area contributed by atoms with Crippen LogP contribution in [0.5, 0.6) is 0 Å². The summed E-state index contributed by atoms with van der Waals surface area (Å²) in [6.07, 6.45) is 0. The maximum Gasteiger partial charge on any atom is 0.0726 e. The molecule has 0 aromatic heterocycles. The van der Waals surface area contributed by atoms with Crippen LogP contribution in [0.15, 0.2) is 206 Å². The van der Waals surface area contributed by atoms with Crippen molar-refractivity contribution in [3.05, 3.63) is 256 Å². The van der Waals surface area contributed by atoms with Gasteiger partial charge in [-0.2, -0.15) is 0 Å². The Morgan fingerprint density at radius 3 is 1.15 bits per heavy atom. The number of nitrogens with zero attached hydrogens (tertiary/aromatic N) is 1. The SMILES string of the molecule is CC1(C)c2ccccc2-c2ccc(N(c3ccc4c(c3)C(C)(c3ccccc3)c3ccccc3-4)c3ccc4c(c3)C3(c5ccccc5-c5ccccc53)c3ccccc3-4)cc21. The first-order chi connectivity index (χ1) is 29.9. The highest BCUT2D eigenvalue weighted by Crippen LogP contribution is 2.64. The van der Waals surface area contributed by atoms with E-state index < -0.39 is 5.41 Å². The first-order valence-corrected chi connectivity index (χ1v) is 21.7. The molecular weight excluding hydrogens is 735 g/mol. The number of hydrogen-bond donors (Lipinski definition) is 0. The van der Waals surface area contributed by atoms with E-state index in [9.17, 15) is 0 Å². The van der Waals surface area contributed by atoms with Crippen molar-refractivity contribution in [2.24, 2.45) is 0 Å². The lowest BCUT2D eigenvalue weighted by molar-refractivity contribution is 0.660. The predicted octanol–water partition coefficient (Wildman–Crippen LogP) is 15.1. The van der Waals surface area contributed by atoms with Gasteiger partial charge in [0.15, 0.2) is 0 Å². The number of fused-ring (bicyclic) bond motifs is 16. The van der Waals surface area contributed by atoms with Crippen molar-refractivity contribution < 1.29 is 0 Å². The lowest BCUT2D eigenvalue weighted by Gasteiger charge is -2.33. The van der Waals surface area contributed by atoms with E-state index in [1.165, 1.54) is 94.6 Å². The molecule has 4 aliphatic rings. The van der Waals surface area contributed by atoms with E-state index in [0.717, 1.165) is 17.1 Å². The summed E-state index contributed by atoms with van der Waals surface area (Å²) in [6, 6.07) is 78.1. The fourth-order valence-electron chi connectivity index (χ4n) is 12.2. The number of rotatable bonds is 4. The average molecular weight is 778 g/mol. The molecule has 0 amide bonds. The van der Waals surface area contributed by atoms with Crippen molar-refractivity contribution >= 4 is 17.1 Å². The summed E-state index contributed by atoms with van der Waals surface area (Å²) in [7, 11) is 0. The molecule has 13 rings (SSSR count). The smallest absolute Gasteiger partial charge is 0.0726 e. The van der Waals surface area contributed by atoms with Crippen LogP contribution in [0.4, 0.5) is 17.1 Å². The van der Waals surface area contributed by atoms with Gasteiger partial charge in [0.05, 0.1) is 5.41 Å². The van der Waals surface area contributed by atoms with Gasteiger partial charge in [-0.05, 0) is 138 Å². The van der Waals surface area contributed by atoms with Crippen LogP contribution in [0.25, 0.3) is 44.5 Å². The van der Waals surface area contributed by atoms with E-state index >= 15 is 0 Å². The molecule has 0 heterocycles. The van der Waals surface area contributed by atoms with Gasteiger partial charge in [-0.1, -0.05) is 184 Å². The van der Waals surface area contributed by atoms with E-state index in [2.05, 4.69) is 232 Å². The van der Waals surface area contributed by atoms with Crippen LogP contribution >= 0.6 is 0 Å². The van der Waals surface area contributed by atoms with E-state index in [-0.39, 0.29) is 10.8 Å². The minimum Gasteiger partial charge on any atom is -0.310 e. The zero-order valence-corrected chi connectivity index (χ0v) is 34.6. The Balaban J connectivity index is 1.08. The first-order valence-electron chi connectivity index (χ1n) is 21.7. The molecule has 0 aliphatic heterocycles. The van der Waals surface area contributed by atoms with Crippen molar-refractivity contribution in [3.63, 3.8) is 0 Å². The molecule has 0 fully saturated rings. The third-order valence-electron chi connectivity index (χ3n) is 15.0. The molecule has 1 nitrogen and oxygen atoms in total. The quantitative estimate of drug-likeness (QED) is 0.172. The minimum atomic E-state index is -0.437. The van der Waals surface area contributed by atoms with E-state index in [0.29, 0.717) is 0 Å². The summed E-state index contributed by atoms with van der Waals surface area (Å²) in [6.45, 7) is 7.19. The zero-order valence-electron chi connectivity index (χ0n) is 34.6. The van der Waals surface area contributed by atoms with E-state index in [4.69, 9.17) is 0 Å². The second kappa shape index (κ2) is 12.2. The van der Waals surface area contributed by atoms with E-state index in [1.54, 1.807) is 0 Å². The Labute approximate surface area is 358 Å². The summed E-state index contributed by atoms with van der Waals surface area (Å²) in [5, 5.41) is 0. The summed E-state index contributed by atoms with van der Waals surface area (Å²) in [5.41, 5.74) is 25.3. The highest BCUT2D eigenvalue weighted by atomic mass is 15.1. The van der Waals surface area contributed by atoms with Gasteiger partial charge < -0.3 is 4.90 Å². The van der Waals surface area contributed by atoms with Gasteiger partial charge in [-0.15, -0.1) is 0 Å². The number of hydrogen-bond acceptors (Lipinski definition) is 1. The zero-order chi connectivity index (χ0) is 40.7. The molecule has 61 heavy (non-hydrogen) atoms. The van der Waals surface area contributed by atoms with Crippen LogP contribution < -0.4 is 4.90 Å². The van der Waals surface area contributed by atoms with Crippen molar-refractivity contribution in [1.82, 2.24) is 0 Å². The highest BCUT2D eigenvalue weighted by Gasteiger charge is 2.52. The third kappa shape index (κ3) is 4.36. The van der Waals surface area contributed by atoms with Crippen LogP contribution in [-0.4, -0.2) is 0 Å². The molecule has 9 aromatic rings. The molecule has 0 N–H and O–H groups in total. The summed E-state index contributed by atoms with van der Waals surface area (Å²) >= 11 is 0. The Morgan fingerprint density at radius 2 is 0.623 bits per heavy atom. The lowest BCUT2D eigenvalue weighted by Crippen LogP contribution is -2.26. The van der Waals surface area contributed by atoms with Gasteiger partial charge in [-0.3, -0.25) is 0 Å². The molecule has 1 spiro atoms. The van der Waals surface area contributed by atoms with Crippen molar-refractivity contribution in [2.75, 3.05) is 4.90 Å². The Hall–Kier alpha value is -7.22. The third-order valence-corrected chi connectivity index (χ3v) is 15.0. The number of anilines is 3. The van der Waals surface area contributed by atoms with Crippen LogP contribution in [-0.2, 0) is 16.2 Å². The fourth-order valence-corrected chi connectivity index (χ4v) is 12.2. The fraction of sp³-hybridized carbons (Fsp3) is 0.100. The molecule has 0 saturated carbocycles. The minimum absolute atomic E-state index is 0.139. The predicted molar refractivity (Wildman–Crippen MR) is 252 cm³/mol. The average Bonchev–Trinajstić information content (AvgIpc) is 3.95. The molecule has 288 valence electrons. The second-order valence-electron chi connectivity index (χ2n) is 18.1. The largest absolute Gasteiger partial charge is 0.310 e. The van der Waals surface area contributed by atoms with Gasteiger partial charge >= 0.3 is 0 Å². The first kappa shape index (κ1) is 34.6. The normalized spacial score (nSPS) is 17.1. The molecule has 1 unspecified atom stereocenters. The molecule has 9 aromatic carbocycles. The van der Waals surface area contributed by atoms with Crippen molar-refractivity contribution in [1.29, 1.82) is 0 Å². The van der Waals surface area contributed by atoms with Crippen LogP contribution in [0.2, 0.25) is 0 Å². The monoisotopic (exact) mass is 777 g/mol. The molecule has 0 radical (unpaired) electrons. The molecule has 0 bridgehead atoms. The van der Waals surface area contributed by atoms with Gasteiger partial charge in [-0.25, -0.2) is 0 Å². The maximum absolute atomic E-state index is 2.54. The van der Waals surface area contributed by atoms with Crippen LogP contribution in [0, 0.1) is 0 Å². The standard InChI is InChI=1S/C60H43N/c1-58(2)50-24-12-7-19-42(50)47-32-29-39(35-55(47)58)61(40-30-33-48-43-20-8-13-25-51(43)59(3,56(48)36-40)38-17-5-4-6-18-38)41-31-34-49-46-23-11-16-28-54(46)60(57(49)37-41)52-26-14-9-21-44(52)45-22-10-15-27-53(45)60/h4-37H,1-3H3. The van der Waals surface area contributed by atoms with Gasteiger partial charge in [0.2, 0.25) is 0 Å². The summed E-state index contributed by atoms with van der Waals surface area (Å²) in [4.78, 5) is 2.54. The molecule has 4 aliphatic carbocycles. The lowest BCUT2D eigenvalue weighted by atomic mass is 9.70. The van der Waals surface area contributed by atoms with Crippen LogP contribution in [0.1, 0.15) is 70.8 Å². The summed E-state index contributed by atoms with van der Waals surface area (Å²) in [5.74, 6) is 0. The maximum atomic E-state index is 2.54. The molecule has 1 heteroatoms. The molecular formula is C60H43N. The van der Waals surface area contributed by atoms with Crippen molar-refractivity contribution in [2.45, 2.75) is 37.0 Å². The highest BCUT2D eigenvalue weighted by molar-refractivity contribution is 5.97.